The molecular formula is C4H2F6HgI2. The molecule has 0 bridgehead atoms. The molecule has 0 aromatic heterocycles. The maximum absolute atomic E-state index is 11.9. The molecule has 0 radical (unpaired) electrons. The molecule has 13 heavy (non-hydrogen) atoms. The summed E-state index contributed by atoms with van der Waals surface area (Å²) in [5.74, 6) is 0. The summed E-state index contributed by atoms with van der Waals surface area (Å²) in [6.07, 6.45) is -8.92. The standard InChI is InChI=1S/2C2HF3I.Hg/c2*3-2(4,5)1-6;/h2*1H;. The first kappa shape index (κ1) is 15.0. The fraction of sp³-hybridized carbons (Fsp3) is 1.00. The quantitative estimate of drug-likeness (QED) is 0.192. The van der Waals surface area contributed by atoms with Crippen LogP contribution in [0.5, 0.6) is 0 Å². The van der Waals surface area contributed by atoms with Gasteiger partial charge in [-0.25, -0.2) is 0 Å². The number of halogens is 8. The van der Waals surface area contributed by atoms with Crippen LogP contribution in [0.3, 0.4) is 0 Å². The van der Waals surface area contributed by atoms with Gasteiger partial charge in [-0.2, -0.15) is 0 Å². The molecule has 0 aromatic carbocycles. The summed E-state index contributed by atoms with van der Waals surface area (Å²) >= 11 is -0.853. The van der Waals surface area contributed by atoms with Gasteiger partial charge in [0, 0.05) is 0 Å². The van der Waals surface area contributed by atoms with E-state index in [9.17, 15) is 26.3 Å². The van der Waals surface area contributed by atoms with Crippen LogP contribution >= 0.6 is 45.2 Å². The molecular weight excluding hydrogens is 616 g/mol. The molecule has 9 heteroatoms. The minimum atomic E-state index is -4.46. The predicted molar refractivity (Wildman–Crippen MR) is 47.7 cm³/mol. The van der Waals surface area contributed by atoms with Gasteiger partial charge in [-0.15, -0.1) is 0 Å². The van der Waals surface area contributed by atoms with Crippen LogP contribution < -0.4 is 0 Å². The molecule has 76 valence electrons. The van der Waals surface area contributed by atoms with Crippen molar-refractivity contribution in [3.8, 4) is 0 Å². The van der Waals surface area contributed by atoms with E-state index in [1.165, 1.54) is 0 Å². The van der Waals surface area contributed by atoms with Crippen molar-refractivity contribution in [1.82, 2.24) is 0 Å². The zero-order valence-corrected chi connectivity index (χ0v) is 15.7. The molecule has 0 spiro atoms. The van der Waals surface area contributed by atoms with Crippen LogP contribution in [-0.4, -0.2) is 15.2 Å². The van der Waals surface area contributed by atoms with E-state index in [1.54, 1.807) is 0 Å². The van der Waals surface area contributed by atoms with Crippen molar-refractivity contribution in [3.63, 3.8) is 0 Å². The van der Waals surface area contributed by atoms with Crippen LogP contribution in [0.25, 0.3) is 0 Å². The van der Waals surface area contributed by atoms with Gasteiger partial charge in [-0.3, -0.25) is 0 Å². The van der Waals surface area contributed by atoms with Gasteiger partial charge >= 0.3 is 111 Å². The first-order valence-corrected chi connectivity index (χ1v) is 11.8. The molecule has 2 atom stereocenters. The summed E-state index contributed by atoms with van der Waals surface area (Å²) in [5.41, 5.74) is 0. The van der Waals surface area contributed by atoms with E-state index in [2.05, 4.69) is 0 Å². The van der Waals surface area contributed by atoms with E-state index in [1.807, 2.05) is 0 Å². The molecule has 0 aliphatic heterocycles. The van der Waals surface area contributed by atoms with Crippen LogP contribution in [0, 0.1) is 0 Å². The summed E-state index contributed by atoms with van der Waals surface area (Å²) in [6.45, 7) is 0. The Bertz CT molecular complexity index is 147. The van der Waals surface area contributed by atoms with Gasteiger partial charge in [0.05, 0.1) is 0 Å². The van der Waals surface area contributed by atoms with Gasteiger partial charge < -0.3 is 0 Å². The molecule has 0 N–H and O–H groups in total. The van der Waals surface area contributed by atoms with Crippen molar-refractivity contribution in [2.45, 2.75) is 15.2 Å². The van der Waals surface area contributed by atoms with Crippen LogP contribution in [-0.2, 0) is 24.6 Å². The molecule has 0 nitrogen and oxygen atoms in total. The zero-order valence-electron chi connectivity index (χ0n) is 5.89. The van der Waals surface area contributed by atoms with E-state index in [4.69, 9.17) is 0 Å². The Hall–Kier alpha value is 1.98. The van der Waals surface area contributed by atoms with Crippen molar-refractivity contribution in [2.24, 2.45) is 0 Å². The van der Waals surface area contributed by atoms with Gasteiger partial charge in [0.15, 0.2) is 0 Å². The molecule has 0 aliphatic rings. The molecule has 0 saturated carbocycles. The first-order chi connectivity index (χ1) is 5.55. The topological polar surface area (TPSA) is 0 Å². The third kappa shape index (κ3) is 6.20. The zero-order chi connectivity index (χ0) is 10.9. The van der Waals surface area contributed by atoms with Gasteiger partial charge in [-0.1, -0.05) is 0 Å². The Morgan fingerprint density at radius 3 is 1.15 bits per heavy atom. The number of alkyl halides is 8. The van der Waals surface area contributed by atoms with Crippen molar-refractivity contribution in [1.29, 1.82) is 0 Å². The average molecular weight is 618 g/mol. The summed E-state index contributed by atoms with van der Waals surface area (Å²) in [6, 6.07) is 0. The van der Waals surface area contributed by atoms with E-state index < -0.39 is 39.8 Å². The third-order valence-corrected chi connectivity index (χ3v) is 18.3. The van der Waals surface area contributed by atoms with Crippen molar-refractivity contribution < 1.29 is 50.9 Å². The molecule has 0 saturated heterocycles. The third-order valence-electron chi connectivity index (χ3n) is 1.12. The number of hydrogen-bond acceptors (Lipinski definition) is 0. The van der Waals surface area contributed by atoms with E-state index in [0.29, 0.717) is 0 Å². The summed E-state index contributed by atoms with van der Waals surface area (Å²) in [5, 5.41) is 0. The second-order valence-corrected chi connectivity index (χ2v) is 26.4. The molecule has 0 rings (SSSR count). The van der Waals surface area contributed by atoms with Crippen molar-refractivity contribution in [3.05, 3.63) is 0 Å². The molecule has 0 aromatic rings. The van der Waals surface area contributed by atoms with Crippen LogP contribution in [0.2, 0.25) is 0 Å². The van der Waals surface area contributed by atoms with Gasteiger partial charge in [0.25, 0.3) is 0 Å². The molecule has 0 heterocycles. The Kier molecular flexibility index (Phi) is 6.16. The Balaban J connectivity index is 4.15. The molecule has 0 aliphatic carbocycles. The van der Waals surface area contributed by atoms with E-state index >= 15 is 0 Å². The minimum absolute atomic E-state index is 1.07. The predicted octanol–water partition coefficient (Wildman–Crippen LogP) is 3.72. The normalized spacial score (nSPS) is 17.8. The van der Waals surface area contributed by atoms with E-state index in [0.717, 1.165) is 45.2 Å². The summed E-state index contributed by atoms with van der Waals surface area (Å²) < 4.78 is 67.8. The molecule has 0 fully saturated rings. The summed E-state index contributed by atoms with van der Waals surface area (Å²) in [4.78, 5) is 0. The van der Waals surface area contributed by atoms with Crippen LogP contribution in [0.4, 0.5) is 26.3 Å². The number of rotatable bonds is 2. The van der Waals surface area contributed by atoms with Crippen LogP contribution in [0.1, 0.15) is 0 Å². The fourth-order valence-corrected chi connectivity index (χ4v) is 21.4. The number of hydrogen-bond donors (Lipinski definition) is 0. The van der Waals surface area contributed by atoms with Crippen molar-refractivity contribution in [2.75, 3.05) is 0 Å². The average Bonchev–Trinajstić information content (AvgIpc) is 1.82. The second-order valence-electron chi connectivity index (χ2n) is 2.25. The van der Waals surface area contributed by atoms with Gasteiger partial charge in [0.1, 0.15) is 0 Å². The molecule has 0 amide bonds. The second kappa shape index (κ2) is 5.35. The van der Waals surface area contributed by atoms with E-state index in [-0.39, 0.29) is 0 Å². The van der Waals surface area contributed by atoms with Gasteiger partial charge in [0.2, 0.25) is 0 Å². The monoisotopic (exact) mass is 620 g/mol. The maximum atomic E-state index is 11.9. The first-order valence-electron chi connectivity index (χ1n) is 2.96. The Labute approximate surface area is 110 Å². The summed E-state index contributed by atoms with van der Waals surface area (Å²) in [7, 11) is 0. The Morgan fingerprint density at radius 1 is 0.769 bits per heavy atom. The van der Waals surface area contributed by atoms with Gasteiger partial charge in [-0.05, 0) is 0 Å². The van der Waals surface area contributed by atoms with Crippen LogP contribution in [0.15, 0.2) is 0 Å². The Morgan fingerprint density at radius 2 is 1.00 bits per heavy atom. The molecule has 2 unspecified atom stereocenters. The fourth-order valence-electron chi connectivity index (χ4n) is 0.449. The van der Waals surface area contributed by atoms with Crippen molar-refractivity contribution >= 4 is 45.2 Å². The SMILES string of the molecule is FC(F)(F)[CH](I)[Hg][CH](I)C(F)(F)F.